The summed E-state index contributed by atoms with van der Waals surface area (Å²) in [5.41, 5.74) is -0.0589. The highest BCUT2D eigenvalue weighted by Crippen LogP contribution is 2.32. The number of hydrogen-bond acceptors (Lipinski definition) is 5. The summed E-state index contributed by atoms with van der Waals surface area (Å²) in [5.74, 6) is 2.19. The van der Waals surface area contributed by atoms with Crippen molar-refractivity contribution in [1.82, 2.24) is 10.6 Å². The van der Waals surface area contributed by atoms with E-state index in [9.17, 15) is 5.11 Å². The Balaban J connectivity index is 0.00000392. The summed E-state index contributed by atoms with van der Waals surface area (Å²) in [4.78, 5) is 4.72. The molecular formula is C20H34IN3O4. The van der Waals surface area contributed by atoms with Crippen molar-refractivity contribution < 1.29 is 19.3 Å². The van der Waals surface area contributed by atoms with Crippen LogP contribution in [0, 0.1) is 5.41 Å². The van der Waals surface area contributed by atoms with Crippen LogP contribution in [0.5, 0.6) is 11.5 Å². The van der Waals surface area contributed by atoms with E-state index in [1.165, 1.54) is 0 Å². The van der Waals surface area contributed by atoms with Crippen LogP contribution < -0.4 is 20.1 Å². The maximum absolute atomic E-state index is 9.36. The molecule has 2 unspecified atom stereocenters. The second kappa shape index (κ2) is 13.1. The second-order valence-electron chi connectivity index (χ2n) is 6.93. The van der Waals surface area contributed by atoms with Crippen molar-refractivity contribution in [3.8, 4) is 11.5 Å². The van der Waals surface area contributed by atoms with Crippen LogP contribution in [-0.4, -0.2) is 63.7 Å². The van der Waals surface area contributed by atoms with E-state index in [2.05, 4.69) is 10.6 Å². The first kappa shape index (κ1) is 24.8. The van der Waals surface area contributed by atoms with E-state index in [0.717, 1.165) is 37.0 Å². The molecule has 3 N–H and O–H groups in total. The highest BCUT2D eigenvalue weighted by atomic mass is 127. The van der Waals surface area contributed by atoms with Crippen molar-refractivity contribution in [2.75, 3.05) is 46.6 Å². The van der Waals surface area contributed by atoms with Gasteiger partial charge in [-0.3, -0.25) is 4.99 Å². The van der Waals surface area contributed by atoms with Crippen LogP contribution in [0.15, 0.2) is 29.3 Å². The molecule has 0 spiro atoms. The second-order valence-corrected chi connectivity index (χ2v) is 6.93. The Kier molecular flexibility index (Phi) is 11.6. The van der Waals surface area contributed by atoms with E-state index < -0.39 is 0 Å². The van der Waals surface area contributed by atoms with Crippen molar-refractivity contribution in [3.63, 3.8) is 0 Å². The third-order valence-corrected chi connectivity index (χ3v) is 4.70. The first-order valence-electron chi connectivity index (χ1n) is 9.63. The first-order valence-corrected chi connectivity index (χ1v) is 9.63. The predicted molar refractivity (Wildman–Crippen MR) is 122 cm³/mol. The van der Waals surface area contributed by atoms with Gasteiger partial charge in [0, 0.05) is 25.2 Å². The molecule has 8 heteroatoms. The van der Waals surface area contributed by atoms with Crippen molar-refractivity contribution in [3.05, 3.63) is 24.3 Å². The van der Waals surface area contributed by atoms with Gasteiger partial charge in [0.05, 0.1) is 26.8 Å². The number of nitrogens with zero attached hydrogens (tertiary/aromatic N) is 1. The molecular weight excluding hydrogens is 473 g/mol. The number of benzene rings is 1. The van der Waals surface area contributed by atoms with Gasteiger partial charge in [0.15, 0.2) is 17.5 Å². The highest BCUT2D eigenvalue weighted by molar-refractivity contribution is 14.0. The van der Waals surface area contributed by atoms with Gasteiger partial charge in [-0.1, -0.05) is 12.1 Å². The Morgan fingerprint density at radius 2 is 2.07 bits per heavy atom. The van der Waals surface area contributed by atoms with Gasteiger partial charge in [0.2, 0.25) is 0 Å². The summed E-state index contributed by atoms with van der Waals surface area (Å²) >= 11 is 0. The van der Waals surface area contributed by atoms with Crippen molar-refractivity contribution in [1.29, 1.82) is 0 Å². The Hall–Kier alpha value is -1.26. The number of para-hydroxylation sites is 2. The SMILES string of the molecule is CCNC(=NCC1(CCO)CCOC1)NCC(C)Oc1ccccc1OC.I. The van der Waals surface area contributed by atoms with E-state index in [-0.39, 0.29) is 42.1 Å². The largest absolute Gasteiger partial charge is 0.493 e. The van der Waals surface area contributed by atoms with Gasteiger partial charge in [-0.25, -0.2) is 0 Å². The molecule has 1 heterocycles. The molecule has 0 radical (unpaired) electrons. The molecule has 1 aromatic carbocycles. The van der Waals surface area contributed by atoms with Gasteiger partial charge in [-0.2, -0.15) is 0 Å². The Labute approximate surface area is 185 Å². The van der Waals surface area contributed by atoms with Crippen LogP contribution in [-0.2, 0) is 4.74 Å². The molecule has 28 heavy (non-hydrogen) atoms. The summed E-state index contributed by atoms with van der Waals surface area (Å²) in [5, 5.41) is 16.0. The number of rotatable bonds is 10. The fourth-order valence-corrected chi connectivity index (χ4v) is 3.09. The molecule has 0 aromatic heterocycles. The lowest BCUT2D eigenvalue weighted by Gasteiger charge is -2.25. The lowest BCUT2D eigenvalue weighted by Crippen LogP contribution is -2.42. The number of methoxy groups -OCH3 is 1. The summed E-state index contributed by atoms with van der Waals surface area (Å²) in [6.45, 7) is 7.60. The average molecular weight is 507 g/mol. The molecule has 1 saturated heterocycles. The van der Waals surface area contributed by atoms with Crippen LogP contribution in [0.25, 0.3) is 0 Å². The monoisotopic (exact) mass is 507 g/mol. The third kappa shape index (κ3) is 7.63. The molecule has 1 aliphatic heterocycles. The normalized spacial score (nSPS) is 20.2. The number of halogens is 1. The van der Waals surface area contributed by atoms with Crippen LogP contribution >= 0.6 is 24.0 Å². The van der Waals surface area contributed by atoms with E-state index in [1.54, 1.807) is 7.11 Å². The summed E-state index contributed by atoms with van der Waals surface area (Å²) < 4.78 is 16.8. The fraction of sp³-hybridized carbons (Fsp3) is 0.650. The zero-order chi connectivity index (χ0) is 19.5. The number of ether oxygens (including phenoxy) is 3. The zero-order valence-electron chi connectivity index (χ0n) is 17.1. The topological polar surface area (TPSA) is 84.3 Å². The molecule has 1 aromatic rings. The predicted octanol–water partition coefficient (Wildman–Crippen LogP) is 2.42. The van der Waals surface area contributed by atoms with Crippen molar-refractivity contribution >= 4 is 29.9 Å². The van der Waals surface area contributed by atoms with E-state index in [0.29, 0.717) is 26.1 Å². The summed E-state index contributed by atoms with van der Waals surface area (Å²) in [7, 11) is 1.63. The van der Waals surface area contributed by atoms with Gasteiger partial charge >= 0.3 is 0 Å². The summed E-state index contributed by atoms with van der Waals surface area (Å²) in [6.07, 6.45) is 1.58. The zero-order valence-corrected chi connectivity index (χ0v) is 19.4. The van der Waals surface area contributed by atoms with Crippen LogP contribution in [0.3, 0.4) is 0 Å². The van der Waals surface area contributed by atoms with E-state index in [1.807, 2.05) is 38.1 Å². The van der Waals surface area contributed by atoms with E-state index >= 15 is 0 Å². The average Bonchev–Trinajstić information content (AvgIpc) is 3.13. The quantitative estimate of drug-likeness (QED) is 0.256. The summed E-state index contributed by atoms with van der Waals surface area (Å²) in [6, 6.07) is 7.62. The molecule has 2 atom stereocenters. The number of aliphatic imine (C=N–C) groups is 1. The molecule has 0 amide bonds. The van der Waals surface area contributed by atoms with Gasteiger partial charge < -0.3 is 30.0 Å². The van der Waals surface area contributed by atoms with Crippen molar-refractivity contribution in [2.45, 2.75) is 32.8 Å². The molecule has 0 saturated carbocycles. The van der Waals surface area contributed by atoms with Gasteiger partial charge in [0.25, 0.3) is 0 Å². The minimum absolute atomic E-state index is 0. The van der Waals surface area contributed by atoms with E-state index in [4.69, 9.17) is 19.2 Å². The Bertz CT molecular complexity index is 595. The number of hydrogen-bond donors (Lipinski definition) is 3. The minimum Gasteiger partial charge on any atom is -0.493 e. The number of guanidine groups is 1. The fourth-order valence-electron chi connectivity index (χ4n) is 3.09. The molecule has 0 aliphatic carbocycles. The van der Waals surface area contributed by atoms with Crippen LogP contribution in [0.4, 0.5) is 0 Å². The molecule has 7 nitrogen and oxygen atoms in total. The van der Waals surface area contributed by atoms with Crippen molar-refractivity contribution in [2.24, 2.45) is 10.4 Å². The molecule has 0 bridgehead atoms. The van der Waals surface area contributed by atoms with Gasteiger partial charge in [-0.15, -0.1) is 24.0 Å². The maximum Gasteiger partial charge on any atom is 0.191 e. The van der Waals surface area contributed by atoms with Crippen LogP contribution in [0.1, 0.15) is 26.7 Å². The number of aliphatic hydroxyl groups excluding tert-OH is 1. The van der Waals surface area contributed by atoms with Gasteiger partial charge in [0.1, 0.15) is 6.10 Å². The number of aliphatic hydroxyl groups is 1. The lowest BCUT2D eigenvalue weighted by molar-refractivity contribution is 0.131. The molecule has 1 aliphatic rings. The number of nitrogens with one attached hydrogen (secondary N) is 2. The smallest absolute Gasteiger partial charge is 0.191 e. The molecule has 160 valence electrons. The highest BCUT2D eigenvalue weighted by Gasteiger charge is 2.34. The lowest BCUT2D eigenvalue weighted by atomic mass is 9.84. The molecule has 2 rings (SSSR count). The minimum atomic E-state index is -0.0635. The van der Waals surface area contributed by atoms with Gasteiger partial charge in [-0.05, 0) is 38.8 Å². The Morgan fingerprint density at radius 1 is 1.32 bits per heavy atom. The standard InChI is InChI=1S/C20H33N3O4.HI/c1-4-21-19(23-14-20(9-11-24)10-12-26-15-20)22-13-16(2)27-18-8-6-5-7-17(18)25-3;/h5-8,16,24H,4,9-15H2,1-3H3,(H2,21,22,23);1H. The third-order valence-electron chi connectivity index (χ3n) is 4.70. The first-order chi connectivity index (χ1) is 13.1. The maximum atomic E-state index is 9.36. The molecule has 1 fully saturated rings. The Morgan fingerprint density at radius 3 is 2.68 bits per heavy atom. The van der Waals surface area contributed by atoms with Crippen LogP contribution in [0.2, 0.25) is 0 Å².